The Labute approximate surface area is 143 Å². The predicted molar refractivity (Wildman–Crippen MR) is 87.3 cm³/mol. The Morgan fingerprint density at radius 1 is 1.12 bits per heavy atom. The summed E-state index contributed by atoms with van der Waals surface area (Å²) in [5.74, 6) is -2.16. The van der Waals surface area contributed by atoms with Crippen LogP contribution in [0.5, 0.6) is 0 Å². The van der Waals surface area contributed by atoms with Gasteiger partial charge in [0, 0.05) is 12.2 Å². The highest BCUT2D eigenvalue weighted by molar-refractivity contribution is 7.89. The van der Waals surface area contributed by atoms with Crippen molar-refractivity contribution >= 4 is 15.7 Å². The Balaban J connectivity index is 1.77. The molecule has 0 bridgehead atoms. The molecule has 5 nitrogen and oxygen atoms in total. The number of sulfonamides is 1. The number of hydrogen-bond donors (Lipinski definition) is 0. The Hall–Kier alpha value is -2.32. The monoisotopic (exact) mass is 363 g/mol. The van der Waals surface area contributed by atoms with E-state index in [2.05, 4.69) is 4.98 Å². The maximum absolute atomic E-state index is 14.1. The molecule has 8 heteroatoms. The molecular weight excluding hydrogens is 348 g/mol. The Morgan fingerprint density at radius 3 is 2.52 bits per heavy atom. The largest absolute Gasteiger partial charge is 0.303 e. The van der Waals surface area contributed by atoms with E-state index < -0.39 is 26.6 Å². The number of fused-ring (bicyclic) bond motifs is 1. The van der Waals surface area contributed by atoms with Crippen LogP contribution in [0.1, 0.15) is 18.5 Å². The van der Waals surface area contributed by atoms with Crippen LogP contribution in [0.3, 0.4) is 0 Å². The molecule has 1 saturated carbocycles. The lowest BCUT2D eigenvalue weighted by molar-refractivity contribution is 0.385. The van der Waals surface area contributed by atoms with Crippen LogP contribution in [0, 0.1) is 11.6 Å². The van der Waals surface area contributed by atoms with Gasteiger partial charge in [-0.25, -0.2) is 22.2 Å². The van der Waals surface area contributed by atoms with Crippen molar-refractivity contribution in [2.45, 2.75) is 30.3 Å². The summed E-state index contributed by atoms with van der Waals surface area (Å²) in [5, 5.41) is 0. The van der Waals surface area contributed by atoms with Crippen molar-refractivity contribution in [3.63, 3.8) is 0 Å². The van der Waals surface area contributed by atoms with Crippen LogP contribution < -0.4 is 0 Å². The highest BCUT2D eigenvalue weighted by atomic mass is 32.2. The molecule has 1 aliphatic rings. The molecule has 4 rings (SSSR count). The number of halogens is 2. The van der Waals surface area contributed by atoms with Gasteiger partial charge in [-0.15, -0.1) is 0 Å². The number of aromatic nitrogens is 2. The van der Waals surface area contributed by atoms with Crippen LogP contribution in [0.25, 0.3) is 5.65 Å². The minimum atomic E-state index is -4.30. The molecule has 0 amide bonds. The van der Waals surface area contributed by atoms with E-state index in [1.165, 1.54) is 4.31 Å². The molecule has 0 N–H and O–H groups in total. The maximum Gasteiger partial charge on any atom is 0.249 e. The molecule has 1 aliphatic carbocycles. The normalized spacial score (nSPS) is 15.2. The van der Waals surface area contributed by atoms with Gasteiger partial charge in [0.05, 0.1) is 18.4 Å². The quantitative estimate of drug-likeness (QED) is 0.700. The van der Waals surface area contributed by atoms with Gasteiger partial charge in [-0.3, -0.25) is 0 Å². The summed E-state index contributed by atoms with van der Waals surface area (Å²) in [6.45, 7) is 0.00591. The van der Waals surface area contributed by atoms with E-state index in [-0.39, 0.29) is 12.6 Å². The Kier molecular flexibility index (Phi) is 3.81. The molecule has 0 atom stereocenters. The van der Waals surface area contributed by atoms with Gasteiger partial charge in [0.25, 0.3) is 0 Å². The molecule has 0 saturated heterocycles. The molecule has 1 fully saturated rings. The number of nitrogens with zero attached hydrogens (tertiary/aromatic N) is 3. The van der Waals surface area contributed by atoms with Crippen molar-refractivity contribution in [1.82, 2.24) is 13.7 Å². The smallest absolute Gasteiger partial charge is 0.249 e. The van der Waals surface area contributed by atoms with E-state index in [4.69, 9.17) is 0 Å². The first-order valence-electron chi connectivity index (χ1n) is 7.85. The van der Waals surface area contributed by atoms with Gasteiger partial charge >= 0.3 is 0 Å². The summed E-state index contributed by atoms with van der Waals surface area (Å²) in [6.07, 6.45) is 4.70. The fraction of sp³-hybridized carbons (Fsp3) is 0.235. The summed E-state index contributed by atoms with van der Waals surface area (Å²) in [7, 11) is -4.30. The predicted octanol–water partition coefficient (Wildman–Crippen LogP) is 2.97. The zero-order chi connectivity index (χ0) is 17.6. The SMILES string of the molecule is O=S(=O)(c1c(F)cccc1F)N(Cc1cnc2ccccn12)C1CC1. The van der Waals surface area contributed by atoms with Crippen molar-refractivity contribution in [1.29, 1.82) is 0 Å². The number of rotatable bonds is 5. The van der Waals surface area contributed by atoms with E-state index in [1.54, 1.807) is 22.9 Å². The third-order valence-electron chi connectivity index (χ3n) is 4.25. The van der Waals surface area contributed by atoms with Gasteiger partial charge < -0.3 is 4.40 Å². The van der Waals surface area contributed by atoms with Crippen LogP contribution in [0.4, 0.5) is 8.78 Å². The van der Waals surface area contributed by atoms with Crippen LogP contribution in [0.15, 0.2) is 53.7 Å². The van der Waals surface area contributed by atoms with Gasteiger partial charge in [0.1, 0.15) is 17.3 Å². The average molecular weight is 363 g/mol. The first-order valence-corrected chi connectivity index (χ1v) is 9.29. The summed E-state index contributed by atoms with van der Waals surface area (Å²) in [4.78, 5) is 3.34. The molecule has 2 heterocycles. The number of pyridine rings is 1. The summed E-state index contributed by atoms with van der Waals surface area (Å²) < 4.78 is 56.9. The van der Waals surface area contributed by atoms with E-state index in [1.807, 2.05) is 12.1 Å². The van der Waals surface area contributed by atoms with E-state index in [0.717, 1.165) is 18.2 Å². The number of benzene rings is 1. The van der Waals surface area contributed by atoms with Crippen LogP contribution >= 0.6 is 0 Å². The molecule has 1 aromatic carbocycles. The summed E-state index contributed by atoms with van der Waals surface area (Å²) >= 11 is 0. The van der Waals surface area contributed by atoms with Crippen molar-refractivity contribution < 1.29 is 17.2 Å². The van der Waals surface area contributed by atoms with Gasteiger partial charge in [0.2, 0.25) is 10.0 Å². The molecule has 0 unspecified atom stereocenters. The van der Waals surface area contributed by atoms with Crippen LogP contribution in [0.2, 0.25) is 0 Å². The fourth-order valence-corrected chi connectivity index (χ4v) is 4.65. The van der Waals surface area contributed by atoms with Gasteiger partial charge in [-0.1, -0.05) is 12.1 Å². The molecule has 3 aromatic rings. The molecule has 0 aliphatic heterocycles. The molecule has 0 radical (unpaired) electrons. The third kappa shape index (κ3) is 2.81. The lowest BCUT2D eigenvalue weighted by Gasteiger charge is -2.22. The second kappa shape index (κ2) is 5.89. The molecule has 25 heavy (non-hydrogen) atoms. The summed E-state index contributed by atoms with van der Waals surface area (Å²) in [6, 6.07) is 8.25. The minimum Gasteiger partial charge on any atom is -0.303 e. The number of hydrogen-bond acceptors (Lipinski definition) is 3. The highest BCUT2D eigenvalue weighted by Crippen LogP contribution is 2.35. The van der Waals surface area contributed by atoms with E-state index in [0.29, 0.717) is 24.2 Å². The van der Waals surface area contributed by atoms with Crippen molar-refractivity contribution in [3.8, 4) is 0 Å². The zero-order valence-electron chi connectivity index (χ0n) is 13.1. The third-order valence-corrected chi connectivity index (χ3v) is 6.20. The lowest BCUT2D eigenvalue weighted by atomic mass is 10.3. The first-order chi connectivity index (χ1) is 12.0. The lowest BCUT2D eigenvalue weighted by Crippen LogP contribution is -2.34. The highest BCUT2D eigenvalue weighted by Gasteiger charge is 2.41. The Morgan fingerprint density at radius 2 is 1.84 bits per heavy atom. The minimum absolute atomic E-state index is 0.00591. The molecule has 130 valence electrons. The van der Waals surface area contributed by atoms with Crippen LogP contribution in [-0.2, 0) is 16.6 Å². The number of imidazole rings is 1. The fourth-order valence-electron chi connectivity index (χ4n) is 2.88. The van der Waals surface area contributed by atoms with Crippen molar-refractivity contribution in [2.75, 3.05) is 0 Å². The van der Waals surface area contributed by atoms with Gasteiger partial charge in [-0.2, -0.15) is 4.31 Å². The van der Waals surface area contributed by atoms with Crippen molar-refractivity contribution in [3.05, 3.63) is 66.1 Å². The second-order valence-electron chi connectivity index (χ2n) is 6.01. The first kappa shape index (κ1) is 16.2. The Bertz CT molecular complexity index is 1020. The van der Waals surface area contributed by atoms with E-state index >= 15 is 0 Å². The van der Waals surface area contributed by atoms with Gasteiger partial charge in [-0.05, 0) is 37.1 Å². The van der Waals surface area contributed by atoms with Gasteiger partial charge in [0.15, 0.2) is 4.90 Å². The average Bonchev–Trinajstić information content (AvgIpc) is 3.32. The van der Waals surface area contributed by atoms with E-state index in [9.17, 15) is 17.2 Å². The zero-order valence-corrected chi connectivity index (χ0v) is 14.0. The molecular formula is C17H15F2N3O2S. The van der Waals surface area contributed by atoms with Crippen molar-refractivity contribution in [2.24, 2.45) is 0 Å². The summed E-state index contributed by atoms with van der Waals surface area (Å²) in [5.41, 5.74) is 1.32. The molecule has 0 spiro atoms. The second-order valence-corrected chi connectivity index (χ2v) is 7.84. The molecule has 2 aromatic heterocycles. The van der Waals surface area contributed by atoms with Crippen LogP contribution in [-0.4, -0.2) is 28.1 Å². The standard InChI is InChI=1S/C17H15F2N3O2S/c18-14-4-3-5-15(19)17(14)25(23,24)22(12-7-8-12)11-13-10-20-16-6-1-2-9-21(13)16/h1-6,9-10,12H,7-8,11H2. The maximum atomic E-state index is 14.1. The topological polar surface area (TPSA) is 54.7 Å².